The molecule has 1 heterocycles. The van der Waals surface area contributed by atoms with E-state index in [0.29, 0.717) is 42.4 Å². The summed E-state index contributed by atoms with van der Waals surface area (Å²) in [5.41, 5.74) is 1.12. The van der Waals surface area contributed by atoms with Gasteiger partial charge < -0.3 is 9.84 Å². The fourth-order valence-electron chi connectivity index (χ4n) is 1.68. The van der Waals surface area contributed by atoms with E-state index in [1.54, 1.807) is 6.92 Å². The van der Waals surface area contributed by atoms with Gasteiger partial charge in [0.05, 0.1) is 11.6 Å². The molecular weight excluding hydrogens is 247 g/mol. The lowest BCUT2D eigenvalue weighted by molar-refractivity contribution is 0.387. The van der Waals surface area contributed by atoms with Gasteiger partial charge in [0.25, 0.3) is 0 Å². The van der Waals surface area contributed by atoms with E-state index >= 15 is 0 Å². The van der Waals surface area contributed by atoms with E-state index in [4.69, 9.17) is 9.78 Å². The number of nitrogens with one attached hydrogen (secondary N) is 1. The molecule has 6 heteroatoms. The van der Waals surface area contributed by atoms with Gasteiger partial charge in [0.15, 0.2) is 5.82 Å². The smallest absolute Gasteiger partial charge is 0.223 e. The fraction of sp³-hybridized carbons (Fsp3) is 0.308. The van der Waals surface area contributed by atoms with Crippen LogP contribution in [-0.2, 0) is 13.0 Å². The summed E-state index contributed by atoms with van der Waals surface area (Å²) < 4.78 is 17.9. The van der Waals surface area contributed by atoms with Gasteiger partial charge >= 0.3 is 0 Å². The van der Waals surface area contributed by atoms with E-state index in [1.807, 2.05) is 6.07 Å². The van der Waals surface area contributed by atoms with E-state index in [-0.39, 0.29) is 5.82 Å². The second kappa shape index (κ2) is 6.07. The highest BCUT2D eigenvalue weighted by Crippen LogP contribution is 2.10. The second-order valence-electron chi connectivity index (χ2n) is 4.07. The molecule has 0 spiro atoms. The molecule has 0 aliphatic carbocycles. The Labute approximate surface area is 110 Å². The number of aromatic nitrogens is 2. The van der Waals surface area contributed by atoms with Crippen LogP contribution in [0.15, 0.2) is 22.7 Å². The Morgan fingerprint density at radius 1 is 1.47 bits per heavy atom. The van der Waals surface area contributed by atoms with Crippen LogP contribution in [0.3, 0.4) is 0 Å². The largest absolute Gasteiger partial charge is 0.340 e. The third-order valence-corrected chi connectivity index (χ3v) is 2.60. The van der Waals surface area contributed by atoms with Crippen molar-refractivity contribution < 1.29 is 8.91 Å². The number of aryl methyl sites for hydroxylation is 1. The second-order valence-corrected chi connectivity index (χ2v) is 4.07. The van der Waals surface area contributed by atoms with Gasteiger partial charge in [-0.2, -0.15) is 10.2 Å². The van der Waals surface area contributed by atoms with Gasteiger partial charge in [-0.3, -0.25) is 0 Å². The standard InChI is InChI=1S/C13H13FN4O/c1-9-17-13(18-19-9)4-5-16-8-11-6-12(14)3-2-10(11)7-15/h2-3,6,16H,4-5,8H2,1H3. The lowest BCUT2D eigenvalue weighted by Gasteiger charge is -2.05. The maximum absolute atomic E-state index is 13.1. The first-order valence-corrected chi connectivity index (χ1v) is 5.87. The molecule has 0 aliphatic rings. The molecule has 0 saturated carbocycles. The topological polar surface area (TPSA) is 74.7 Å². The van der Waals surface area contributed by atoms with E-state index in [1.165, 1.54) is 18.2 Å². The van der Waals surface area contributed by atoms with E-state index < -0.39 is 0 Å². The zero-order valence-electron chi connectivity index (χ0n) is 10.5. The summed E-state index contributed by atoms with van der Waals surface area (Å²) >= 11 is 0. The Hall–Kier alpha value is -2.26. The maximum atomic E-state index is 13.1. The van der Waals surface area contributed by atoms with Gasteiger partial charge in [-0.25, -0.2) is 4.39 Å². The predicted molar refractivity (Wildman–Crippen MR) is 65.6 cm³/mol. The molecule has 0 amide bonds. The molecule has 0 unspecified atom stereocenters. The van der Waals surface area contributed by atoms with E-state index in [9.17, 15) is 4.39 Å². The number of benzene rings is 1. The fourth-order valence-corrected chi connectivity index (χ4v) is 1.68. The Morgan fingerprint density at radius 3 is 3.00 bits per heavy atom. The van der Waals surface area contributed by atoms with Crippen molar-refractivity contribution in [2.45, 2.75) is 19.9 Å². The number of rotatable bonds is 5. The van der Waals surface area contributed by atoms with Crippen molar-refractivity contribution >= 4 is 0 Å². The Morgan fingerprint density at radius 2 is 2.32 bits per heavy atom. The van der Waals surface area contributed by atoms with Gasteiger partial charge in [-0.05, 0) is 23.8 Å². The summed E-state index contributed by atoms with van der Waals surface area (Å²) in [5.74, 6) is 0.821. The zero-order valence-corrected chi connectivity index (χ0v) is 10.5. The van der Waals surface area contributed by atoms with Gasteiger partial charge in [0.2, 0.25) is 5.89 Å². The third-order valence-electron chi connectivity index (χ3n) is 2.60. The van der Waals surface area contributed by atoms with Gasteiger partial charge in [0.1, 0.15) is 5.82 Å². The average Bonchev–Trinajstić information content (AvgIpc) is 2.81. The molecular formula is C13H13FN4O. The summed E-state index contributed by atoms with van der Waals surface area (Å²) in [6.07, 6.45) is 0.620. The van der Waals surface area contributed by atoms with Crippen LogP contribution < -0.4 is 5.32 Å². The van der Waals surface area contributed by atoms with Crippen LogP contribution in [0.4, 0.5) is 4.39 Å². The van der Waals surface area contributed by atoms with E-state index in [0.717, 1.165) is 0 Å². The minimum Gasteiger partial charge on any atom is -0.340 e. The summed E-state index contributed by atoms with van der Waals surface area (Å²) in [5, 5.41) is 15.8. The first kappa shape index (κ1) is 13.2. The highest BCUT2D eigenvalue weighted by atomic mass is 19.1. The summed E-state index contributed by atoms with van der Waals surface area (Å²) in [4.78, 5) is 4.07. The zero-order chi connectivity index (χ0) is 13.7. The minimum absolute atomic E-state index is 0.343. The maximum Gasteiger partial charge on any atom is 0.223 e. The lowest BCUT2D eigenvalue weighted by atomic mass is 10.1. The lowest BCUT2D eigenvalue weighted by Crippen LogP contribution is -2.18. The average molecular weight is 260 g/mol. The van der Waals surface area contributed by atoms with Crippen LogP contribution in [-0.4, -0.2) is 16.7 Å². The predicted octanol–water partition coefficient (Wildman–Crippen LogP) is 1.72. The molecule has 2 aromatic rings. The van der Waals surface area contributed by atoms with Gasteiger partial charge in [-0.15, -0.1) is 0 Å². The van der Waals surface area contributed by atoms with Crippen LogP contribution in [0, 0.1) is 24.1 Å². The normalized spacial score (nSPS) is 10.4. The molecule has 5 nitrogen and oxygen atoms in total. The quantitative estimate of drug-likeness (QED) is 0.828. The number of nitrogens with zero attached hydrogens (tertiary/aromatic N) is 3. The number of hydrogen-bond donors (Lipinski definition) is 1. The Bertz CT molecular complexity index is 603. The van der Waals surface area contributed by atoms with Gasteiger partial charge in [-0.1, -0.05) is 5.16 Å². The molecule has 1 N–H and O–H groups in total. The molecule has 19 heavy (non-hydrogen) atoms. The molecule has 0 fully saturated rings. The number of hydrogen-bond acceptors (Lipinski definition) is 5. The van der Waals surface area contributed by atoms with Crippen molar-refractivity contribution in [1.82, 2.24) is 15.5 Å². The van der Waals surface area contributed by atoms with Crippen molar-refractivity contribution in [3.63, 3.8) is 0 Å². The van der Waals surface area contributed by atoms with Crippen LogP contribution in [0.1, 0.15) is 22.8 Å². The first-order chi connectivity index (χ1) is 9.19. The summed E-state index contributed by atoms with van der Waals surface area (Å²) in [7, 11) is 0. The van der Waals surface area contributed by atoms with E-state index in [2.05, 4.69) is 15.5 Å². The van der Waals surface area contributed by atoms with Crippen molar-refractivity contribution in [2.75, 3.05) is 6.54 Å². The van der Waals surface area contributed by atoms with Crippen LogP contribution in [0.25, 0.3) is 0 Å². The van der Waals surface area contributed by atoms with Crippen LogP contribution in [0.2, 0.25) is 0 Å². The molecule has 0 aliphatic heterocycles. The minimum atomic E-state index is -0.343. The highest BCUT2D eigenvalue weighted by molar-refractivity contribution is 5.37. The molecule has 1 aromatic heterocycles. The van der Waals surface area contributed by atoms with Crippen molar-refractivity contribution in [1.29, 1.82) is 5.26 Å². The number of halogens is 1. The van der Waals surface area contributed by atoms with Crippen LogP contribution >= 0.6 is 0 Å². The van der Waals surface area contributed by atoms with Crippen molar-refractivity contribution in [3.8, 4) is 6.07 Å². The third kappa shape index (κ3) is 3.60. The van der Waals surface area contributed by atoms with Crippen LogP contribution in [0.5, 0.6) is 0 Å². The summed E-state index contributed by atoms with van der Waals surface area (Å²) in [6.45, 7) is 2.79. The first-order valence-electron chi connectivity index (χ1n) is 5.87. The Kier molecular flexibility index (Phi) is 4.21. The van der Waals surface area contributed by atoms with Gasteiger partial charge in [0, 0.05) is 26.4 Å². The SMILES string of the molecule is Cc1nc(CCNCc2cc(F)ccc2C#N)no1. The van der Waals surface area contributed by atoms with Crippen molar-refractivity contribution in [3.05, 3.63) is 46.9 Å². The molecule has 0 bridgehead atoms. The highest BCUT2D eigenvalue weighted by Gasteiger charge is 2.05. The molecule has 2 rings (SSSR count). The molecule has 0 atom stereocenters. The number of nitriles is 1. The molecule has 0 saturated heterocycles. The van der Waals surface area contributed by atoms with Crippen molar-refractivity contribution in [2.24, 2.45) is 0 Å². The monoisotopic (exact) mass is 260 g/mol. The molecule has 98 valence electrons. The molecule has 0 radical (unpaired) electrons. The Balaban J connectivity index is 1.86. The molecule has 1 aromatic carbocycles. The summed E-state index contributed by atoms with van der Waals surface area (Å²) in [6, 6.07) is 6.17.